The molecule has 2 rings (SSSR count). The first-order valence-electron chi connectivity index (χ1n) is 7.58. The van der Waals surface area contributed by atoms with Crippen LogP contribution in [0.3, 0.4) is 0 Å². The molecule has 0 aromatic heterocycles. The highest BCUT2D eigenvalue weighted by Crippen LogP contribution is 2.17. The van der Waals surface area contributed by atoms with Crippen LogP contribution < -0.4 is 5.32 Å². The fraction of sp³-hybridized carbons (Fsp3) is 0.438. The van der Waals surface area contributed by atoms with Crippen molar-refractivity contribution >= 4 is 18.0 Å². The third-order valence-corrected chi connectivity index (χ3v) is 3.77. The number of rotatable bonds is 6. The van der Waals surface area contributed by atoms with Gasteiger partial charge in [0.25, 0.3) is 0 Å². The van der Waals surface area contributed by atoms with Crippen LogP contribution in [0, 0.1) is 5.92 Å². The number of aliphatic carboxylic acids is 2. The Morgan fingerprint density at radius 2 is 1.88 bits per heavy atom. The molecular weight excluding hydrogens is 316 g/mol. The molecule has 1 saturated heterocycles. The first-order chi connectivity index (χ1) is 11.4. The molecule has 0 radical (unpaired) electrons. The molecule has 1 aliphatic rings. The largest absolute Gasteiger partial charge is 0.481 e. The Morgan fingerprint density at radius 3 is 2.50 bits per heavy atom. The average Bonchev–Trinajstić information content (AvgIpc) is 2.53. The summed E-state index contributed by atoms with van der Waals surface area (Å²) in [4.78, 5) is 35.4. The van der Waals surface area contributed by atoms with Gasteiger partial charge >= 0.3 is 18.0 Å². The van der Waals surface area contributed by atoms with Crippen LogP contribution in [0.1, 0.15) is 12.0 Å². The summed E-state index contributed by atoms with van der Waals surface area (Å²) in [6.45, 7) is 0.275. The van der Waals surface area contributed by atoms with E-state index in [0.717, 1.165) is 5.56 Å². The second-order valence-corrected chi connectivity index (χ2v) is 5.76. The second kappa shape index (κ2) is 8.30. The number of hydrogen-bond acceptors (Lipinski definition) is 5. The van der Waals surface area contributed by atoms with Crippen molar-refractivity contribution in [2.75, 3.05) is 19.6 Å². The highest BCUT2D eigenvalue weighted by atomic mass is 16.5. The Morgan fingerprint density at radius 1 is 1.17 bits per heavy atom. The van der Waals surface area contributed by atoms with Crippen LogP contribution >= 0.6 is 0 Å². The zero-order chi connectivity index (χ0) is 17.5. The molecule has 0 saturated carbocycles. The van der Waals surface area contributed by atoms with Crippen LogP contribution in [0.4, 0.5) is 4.79 Å². The molecule has 1 aromatic carbocycles. The standard InChI is InChI=1S/C16H20N2O6/c19-14(20)9-18-7-12(15(21)22)6-13(8-18)17-16(23)24-10-11-4-2-1-3-5-11/h1-5,12-13H,6-10H2,(H,17,23)(H,19,20)(H,21,22). The summed E-state index contributed by atoms with van der Waals surface area (Å²) in [7, 11) is 0. The van der Waals surface area contributed by atoms with Gasteiger partial charge in [0.15, 0.2) is 0 Å². The normalized spacial score (nSPS) is 21.0. The molecule has 0 aliphatic carbocycles. The molecule has 8 nitrogen and oxygen atoms in total. The number of piperidine rings is 1. The van der Waals surface area contributed by atoms with E-state index in [1.165, 1.54) is 4.90 Å². The maximum atomic E-state index is 11.9. The number of alkyl carbamates (subject to hydrolysis) is 1. The Hall–Kier alpha value is -2.61. The molecule has 8 heteroatoms. The third-order valence-electron chi connectivity index (χ3n) is 3.77. The highest BCUT2D eigenvalue weighted by Gasteiger charge is 2.33. The van der Waals surface area contributed by atoms with E-state index in [4.69, 9.17) is 9.84 Å². The number of carboxylic acids is 2. The number of benzene rings is 1. The van der Waals surface area contributed by atoms with Gasteiger partial charge in [-0.1, -0.05) is 30.3 Å². The van der Waals surface area contributed by atoms with Crippen LogP contribution in [0.2, 0.25) is 0 Å². The lowest BCUT2D eigenvalue weighted by molar-refractivity contribution is -0.146. The molecule has 1 heterocycles. The first kappa shape index (κ1) is 17.7. The average molecular weight is 336 g/mol. The number of ether oxygens (including phenoxy) is 1. The molecule has 1 aliphatic heterocycles. The summed E-state index contributed by atoms with van der Waals surface area (Å²) in [5, 5.41) is 20.7. The van der Waals surface area contributed by atoms with Crippen molar-refractivity contribution in [2.45, 2.75) is 19.1 Å². The van der Waals surface area contributed by atoms with E-state index >= 15 is 0 Å². The van der Waals surface area contributed by atoms with Gasteiger partial charge in [0.1, 0.15) is 6.61 Å². The first-order valence-corrected chi connectivity index (χ1v) is 7.58. The van der Waals surface area contributed by atoms with Gasteiger partial charge in [-0.15, -0.1) is 0 Å². The van der Waals surface area contributed by atoms with Crippen LogP contribution in [0.5, 0.6) is 0 Å². The predicted octanol–water partition coefficient (Wildman–Crippen LogP) is 0.772. The van der Waals surface area contributed by atoms with Crippen LogP contribution in [-0.2, 0) is 20.9 Å². The van der Waals surface area contributed by atoms with Crippen LogP contribution in [0.15, 0.2) is 30.3 Å². The summed E-state index contributed by atoms with van der Waals surface area (Å²) in [6, 6.07) is 8.70. The van der Waals surface area contributed by atoms with E-state index in [0.29, 0.717) is 0 Å². The van der Waals surface area contributed by atoms with E-state index < -0.39 is 30.0 Å². The van der Waals surface area contributed by atoms with Crippen molar-refractivity contribution in [3.8, 4) is 0 Å². The zero-order valence-corrected chi connectivity index (χ0v) is 13.1. The van der Waals surface area contributed by atoms with E-state index in [9.17, 15) is 19.5 Å². The minimum atomic E-state index is -1.04. The summed E-state index contributed by atoms with van der Waals surface area (Å²) in [5.41, 5.74) is 0.840. The van der Waals surface area contributed by atoms with Gasteiger partial charge in [-0.2, -0.15) is 0 Å². The second-order valence-electron chi connectivity index (χ2n) is 5.76. The molecule has 1 aromatic rings. The summed E-state index contributed by atoms with van der Waals surface area (Å²) < 4.78 is 5.11. The van der Waals surface area contributed by atoms with E-state index in [2.05, 4.69) is 5.32 Å². The minimum absolute atomic E-state index is 0.112. The van der Waals surface area contributed by atoms with Crippen molar-refractivity contribution < 1.29 is 29.3 Å². The van der Waals surface area contributed by atoms with Crippen molar-refractivity contribution in [1.29, 1.82) is 0 Å². The molecule has 1 amide bonds. The monoisotopic (exact) mass is 336 g/mol. The Kier molecular flexibility index (Phi) is 6.14. The fourth-order valence-corrected chi connectivity index (χ4v) is 2.73. The lowest BCUT2D eigenvalue weighted by atomic mass is 9.94. The van der Waals surface area contributed by atoms with Gasteiger partial charge in [-0.05, 0) is 12.0 Å². The predicted molar refractivity (Wildman–Crippen MR) is 83.4 cm³/mol. The Labute approximate surface area is 139 Å². The maximum absolute atomic E-state index is 11.9. The third kappa shape index (κ3) is 5.54. The minimum Gasteiger partial charge on any atom is -0.481 e. The van der Waals surface area contributed by atoms with Crippen molar-refractivity contribution in [3.05, 3.63) is 35.9 Å². The van der Waals surface area contributed by atoms with Crippen LogP contribution in [0.25, 0.3) is 0 Å². The number of carboxylic acid groups (broad SMARTS) is 2. The molecule has 0 spiro atoms. The van der Waals surface area contributed by atoms with Gasteiger partial charge in [-0.25, -0.2) is 4.79 Å². The van der Waals surface area contributed by atoms with Gasteiger partial charge in [0, 0.05) is 19.1 Å². The lowest BCUT2D eigenvalue weighted by Crippen LogP contribution is -2.53. The van der Waals surface area contributed by atoms with Crippen LogP contribution in [-0.4, -0.2) is 58.8 Å². The number of nitrogens with one attached hydrogen (secondary N) is 1. The molecule has 24 heavy (non-hydrogen) atoms. The topological polar surface area (TPSA) is 116 Å². The molecule has 1 fully saturated rings. The number of amides is 1. The number of likely N-dealkylation sites (tertiary alicyclic amines) is 1. The van der Waals surface area contributed by atoms with Gasteiger partial charge in [0.05, 0.1) is 12.5 Å². The van der Waals surface area contributed by atoms with Gasteiger partial charge in [-0.3, -0.25) is 14.5 Å². The molecular formula is C16H20N2O6. The number of carbonyl (C=O) groups is 3. The molecule has 3 N–H and O–H groups in total. The Balaban J connectivity index is 1.87. The van der Waals surface area contributed by atoms with E-state index in [1.54, 1.807) is 0 Å². The summed E-state index contributed by atoms with van der Waals surface area (Å²) >= 11 is 0. The smallest absolute Gasteiger partial charge is 0.407 e. The molecule has 130 valence electrons. The number of nitrogens with zero attached hydrogens (tertiary/aromatic N) is 1. The summed E-state index contributed by atoms with van der Waals surface area (Å²) in [5.74, 6) is -2.77. The van der Waals surface area contributed by atoms with E-state index in [-0.39, 0.29) is 32.7 Å². The SMILES string of the molecule is O=C(O)CN1CC(NC(=O)OCc2ccccc2)CC(C(=O)O)C1. The van der Waals surface area contributed by atoms with Crippen molar-refractivity contribution in [3.63, 3.8) is 0 Å². The lowest BCUT2D eigenvalue weighted by Gasteiger charge is -2.35. The molecule has 2 atom stereocenters. The Bertz CT molecular complexity index is 591. The number of hydrogen-bond donors (Lipinski definition) is 3. The molecule has 0 bridgehead atoms. The van der Waals surface area contributed by atoms with Crippen molar-refractivity contribution in [2.24, 2.45) is 5.92 Å². The highest BCUT2D eigenvalue weighted by molar-refractivity contribution is 5.72. The maximum Gasteiger partial charge on any atom is 0.407 e. The fourth-order valence-electron chi connectivity index (χ4n) is 2.73. The van der Waals surface area contributed by atoms with E-state index in [1.807, 2.05) is 30.3 Å². The quantitative estimate of drug-likeness (QED) is 0.702. The zero-order valence-electron chi connectivity index (χ0n) is 13.1. The molecule has 2 unspecified atom stereocenters. The van der Waals surface area contributed by atoms with Gasteiger partial charge in [0.2, 0.25) is 0 Å². The van der Waals surface area contributed by atoms with Gasteiger partial charge < -0.3 is 20.3 Å². The summed E-state index contributed by atoms with van der Waals surface area (Å²) in [6.07, 6.45) is -0.406. The number of carbonyl (C=O) groups excluding carboxylic acids is 1. The van der Waals surface area contributed by atoms with Crippen molar-refractivity contribution in [1.82, 2.24) is 10.2 Å².